The van der Waals surface area contributed by atoms with Gasteiger partial charge in [-0.3, -0.25) is 9.59 Å². The lowest BCUT2D eigenvalue weighted by Crippen LogP contribution is -2.35. The molecule has 2 N–H and O–H groups in total. The predicted molar refractivity (Wildman–Crippen MR) is 60.2 cm³/mol. The molecule has 1 amide bonds. The summed E-state index contributed by atoms with van der Waals surface area (Å²) in [7, 11) is 0. The Labute approximate surface area is 96.2 Å². The van der Waals surface area contributed by atoms with Gasteiger partial charge in [0, 0.05) is 19.6 Å². The maximum atomic E-state index is 11.3. The van der Waals surface area contributed by atoms with E-state index >= 15 is 0 Å². The third kappa shape index (κ3) is 8.23. The van der Waals surface area contributed by atoms with E-state index in [1.807, 2.05) is 6.92 Å². The molecule has 0 aliphatic heterocycles. The molecule has 0 rings (SSSR count). The highest BCUT2D eigenvalue weighted by Crippen LogP contribution is 1.99. The molecule has 0 saturated carbocycles. The highest BCUT2D eigenvalue weighted by Gasteiger charge is 2.10. The summed E-state index contributed by atoms with van der Waals surface area (Å²) < 4.78 is 5.12. The standard InChI is InChI=1S/C11H21NO4/c1-3-16-9(2)11(15)12-8-6-4-5-7-10(13)14/h9H,3-8H2,1-2H3,(H,12,15)(H,13,14). The van der Waals surface area contributed by atoms with Crippen molar-refractivity contribution in [1.82, 2.24) is 5.32 Å². The summed E-state index contributed by atoms with van der Waals surface area (Å²) in [4.78, 5) is 21.6. The molecular formula is C11H21NO4. The van der Waals surface area contributed by atoms with Crippen molar-refractivity contribution in [3.05, 3.63) is 0 Å². The summed E-state index contributed by atoms with van der Waals surface area (Å²) in [5.74, 6) is -0.880. The third-order valence-electron chi connectivity index (χ3n) is 2.15. The number of nitrogens with one attached hydrogen (secondary N) is 1. The van der Waals surface area contributed by atoms with E-state index in [0.29, 0.717) is 19.6 Å². The Bertz CT molecular complexity index is 218. The van der Waals surface area contributed by atoms with Gasteiger partial charge in [0.15, 0.2) is 0 Å². The van der Waals surface area contributed by atoms with E-state index in [-0.39, 0.29) is 12.3 Å². The highest BCUT2D eigenvalue weighted by molar-refractivity contribution is 5.80. The molecule has 0 aliphatic carbocycles. The Kier molecular flexibility index (Phi) is 8.52. The Morgan fingerprint density at radius 1 is 1.31 bits per heavy atom. The zero-order chi connectivity index (χ0) is 12.4. The minimum Gasteiger partial charge on any atom is -0.481 e. The average molecular weight is 231 g/mol. The molecule has 0 aromatic heterocycles. The van der Waals surface area contributed by atoms with Gasteiger partial charge in [0.1, 0.15) is 6.10 Å². The SMILES string of the molecule is CCOC(C)C(=O)NCCCCCC(=O)O. The monoisotopic (exact) mass is 231 g/mol. The van der Waals surface area contributed by atoms with Crippen LogP contribution in [0.5, 0.6) is 0 Å². The van der Waals surface area contributed by atoms with Gasteiger partial charge in [0.25, 0.3) is 0 Å². The number of carbonyl (C=O) groups excluding carboxylic acids is 1. The van der Waals surface area contributed by atoms with Crippen LogP contribution in [0.2, 0.25) is 0 Å². The number of hydrogen-bond acceptors (Lipinski definition) is 3. The number of hydrogen-bond donors (Lipinski definition) is 2. The zero-order valence-electron chi connectivity index (χ0n) is 9.99. The highest BCUT2D eigenvalue weighted by atomic mass is 16.5. The number of carbonyl (C=O) groups is 2. The van der Waals surface area contributed by atoms with E-state index in [2.05, 4.69) is 5.32 Å². The topological polar surface area (TPSA) is 75.6 Å². The number of carboxylic acid groups (broad SMARTS) is 1. The predicted octanol–water partition coefficient (Wildman–Crippen LogP) is 1.17. The van der Waals surface area contributed by atoms with Crippen molar-refractivity contribution in [3.63, 3.8) is 0 Å². The first kappa shape index (κ1) is 14.9. The lowest BCUT2D eigenvalue weighted by atomic mass is 10.2. The lowest BCUT2D eigenvalue weighted by molar-refractivity contribution is -0.137. The van der Waals surface area contributed by atoms with Crippen molar-refractivity contribution in [2.24, 2.45) is 0 Å². The summed E-state index contributed by atoms with van der Waals surface area (Å²) in [5, 5.41) is 11.1. The number of ether oxygens (including phenoxy) is 1. The van der Waals surface area contributed by atoms with Gasteiger partial charge >= 0.3 is 5.97 Å². The Morgan fingerprint density at radius 2 is 2.00 bits per heavy atom. The molecule has 0 aromatic rings. The fraction of sp³-hybridized carbons (Fsp3) is 0.818. The van der Waals surface area contributed by atoms with Crippen LogP contribution >= 0.6 is 0 Å². The Hall–Kier alpha value is -1.10. The second-order valence-electron chi connectivity index (χ2n) is 3.59. The van der Waals surface area contributed by atoms with Crippen molar-refractivity contribution >= 4 is 11.9 Å². The van der Waals surface area contributed by atoms with E-state index in [1.165, 1.54) is 0 Å². The smallest absolute Gasteiger partial charge is 0.303 e. The molecule has 0 aromatic carbocycles. The van der Waals surface area contributed by atoms with Crippen LogP contribution in [0, 0.1) is 0 Å². The van der Waals surface area contributed by atoms with Crippen LogP contribution in [0.4, 0.5) is 0 Å². The van der Waals surface area contributed by atoms with Crippen LogP contribution in [0.25, 0.3) is 0 Å². The van der Waals surface area contributed by atoms with E-state index in [9.17, 15) is 9.59 Å². The van der Waals surface area contributed by atoms with Crippen molar-refractivity contribution < 1.29 is 19.4 Å². The fourth-order valence-corrected chi connectivity index (χ4v) is 1.26. The van der Waals surface area contributed by atoms with Crippen LogP contribution in [-0.4, -0.2) is 36.2 Å². The van der Waals surface area contributed by atoms with E-state index in [1.54, 1.807) is 6.92 Å². The van der Waals surface area contributed by atoms with Gasteiger partial charge in [-0.2, -0.15) is 0 Å². The molecule has 5 heteroatoms. The molecule has 1 unspecified atom stereocenters. The maximum Gasteiger partial charge on any atom is 0.303 e. The molecule has 16 heavy (non-hydrogen) atoms. The lowest BCUT2D eigenvalue weighted by Gasteiger charge is -2.11. The Morgan fingerprint density at radius 3 is 2.56 bits per heavy atom. The van der Waals surface area contributed by atoms with Crippen molar-refractivity contribution in [2.75, 3.05) is 13.2 Å². The van der Waals surface area contributed by atoms with E-state index < -0.39 is 12.1 Å². The summed E-state index contributed by atoms with van der Waals surface area (Å²) in [6.07, 6.45) is 2.06. The average Bonchev–Trinajstić information content (AvgIpc) is 2.22. The number of carboxylic acids is 1. The van der Waals surface area contributed by atoms with E-state index in [4.69, 9.17) is 9.84 Å². The summed E-state index contributed by atoms with van der Waals surface area (Å²) >= 11 is 0. The minimum absolute atomic E-state index is 0.111. The normalized spacial score (nSPS) is 12.1. The number of unbranched alkanes of at least 4 members (excludes halogenated alkanes) is 2. The molecule has 0 bridgehead atoms. The van der Waals surface area contributed by atoms with Crippen molar-refractivity contribution in [1.29, 1.82) is 0 Å². The number of rotatable bonds is 9. The van der Waals surface area contributed by atoms with Crippen molar-refractivity contribution in [3.8, 4) is 0 Å². The van der Waals surface area contributed by atoms with Crippen LogP contribution in [-0.2, 0) is 14.3 Å². The molecule has 0 aliphatic rings. The number of amides is 1. The van der Waals surface area contributed by atoms with Gasteiger partial charge in [-0.1, -0.05) is 6.42 Å². The molecule has 0 saturated heterocycles. The minimum atomic E-state index is -0.769. The van der Waals surface area contributed by atoms with Gasteiger partial charge in [-0.15, -0.1) is 0 Å². The van der Waals surface area contributed by atoms with Gasteiger partial charge < -0.3 is 15.2 Å². The molecule has 94 valence electrons. The molecular weight excluding hydrogens is 210 g/mol. The first-order valence-corrected chi connectivity index (χ1v) is 5.69. The second-order valence-corrected chi connectivity index (χ2v) is 3.59. The number of aliphatic carboxylic acids is 1. The zero-order valence-corrected chi connectivity index (χ0v) is 9.99. The molecule has 5 nitrogen and oxygen atoms in total. The molecule has 1 atom stereocenters. The summed E-state index contributed by atoms with van der Waals surface area (Å²) in [6, 6.07) is 0. The van der Waals surface area contributed by atoms with Gasteiger partial charge in [-0.25, -0.2) is 0 Å². The first-order valence-electron chi connectivity index (χ1n) is 5.69. The molecule has 0 radical (unpaired) electrons. The quantitative estimate of drug-likeness (QED) is 0.584. The largest absolute Gasteiger partial charge is 0.481 e. The summed E-state index contributed by atoms with van der Waals surface area (Å²) in [6.45, 7) is 4.65. The van der Waals surface area contributed by atoms with Crippen LogP contribution in [0.15, 0.2) is 0 Å². The van der Waals surface area contributed by atoms with Crippen LogP contribution in [0.1, 0.15) is 39.5 Å². The first-order chi connectivity index (χ1) is 7.57. The maximum absolute atomic E-state index is 11.3. The van der Waals surface area contributed by atoms with Crippen LogP contribution in [0.3, 0.4) is 0 Å². The van der Waals surface area contributed by atoms with Gasteiger partial charge in [0.05, 0.1) is 0 Å². The Balaban J connectivity index is 3.37. The van der Waals surface area contributed by atoms with E-state index in [0.717, 1.165) is 12.8 Å². The van der Waals surface area contributed by atoms with Crippen molar-refractivity contribution in [2.45, 2.75) is 45.6 Å². The molecule has 0 fully saturated rings. The third-order valence-corrected chi connectivity index (χ3v) is 2.15. The van der Waals surface area contributed by atoms with Crippen LogP contribution < -0.4 is 5.32 Å². The fourth-order valence-electron chi connectivity index (χ4n) is 1.26. The van der Waals surface area contributed by atoms with Gasteiger partial charge in [0.2, 0.25) is 5.91 Å². The second kappa shape index (κ2) is 9.15. The molecule has 0 heterocycles. The molecule has 0 spiro atoms. The summed E-state index contributed by atoms with van der Waals surface area (Å²) in [5.41, 5.74) is 0. The van der Waals surface area contributed by atoms with Gasteiger partial charge in [-0.05, 0) is 26.7 Å².